The third kappa shape index (κ3) is 4.84. The molecule has 0 aliphatic carbocycles. The van der Waals surface area contributed by atoms with Gasteiger partial charge in [0.25, 0.3) is 5.91 Å². The Labute approximate surface area is 111 Å². The van der Waals surface area contributed by atoms with Crippen LogP contribution < -0.4 is 10.1 Å². The fourth-order valence-corrected chi connectivity index (χ4v) is 1.76. The number of halogens is 2. The van der Waals surface area contributed by atoms with E-state index < -0.39 is 6.10 Å². The predicted octanol–water partition coefficient (Wildman–Crippen LogP) is 3.29. The number of rotatable bonds is 4. The van der Waals surface area contributed by atoms with Gasteiger partial charge in [-0.3, -0.25) is 4.79 Å². The lowest BCUT2D eigenvalue weighted by molar-refractivity contribution is -0.127. The second-order valence-corrected chi connectivity index (χ2v) is 4.90. The maximum atomic E-state index is 11.6. The largest absolute Gasteiger partial charge is 0.481 e. The van der Waals surface area contributed by atoms with Crippen LogP contribution in [-0.4, -0.2) is 18.1 Å². The molecule has 0 spiro atoms. The highest BCUT2D eigenvalue weighted by Gasteiger charge is 2.15. The van der Waals surface area contributed by atoms with Crippen LogP contribution in [0.1, 0.15) is 20.8 Å². The average molecular weight is 276 g/mol. The van der Waals surface area contributed by atoms with Gasteiger partial charge in [0.05, 0.1) is 0 Å². The van der Waals surface area contributed by atoms with Crippen LogP contribution in [0.15, 0.2) is 18.2 Å². The van der Waals surface area contributed by atoms with Gasteiger partial charge in [0.1, 0.15) is 5.75 Å². The van der Waals surface area contributed by atoms with Gasteiger partial charge < -0.3 is 10.1 Å². The summed E-state index contributed by atoms with van der Waals surface area (Å²) in [5, 5.41) is 3.71. The summed E-state index contributed by atoms with van der Waals surface area (Å²) in [4.78, 5) is 11.6. The van der Waals surface area contributed by atoms with Crippen LogP contribution in [0.4, 0.5) is 0 Å². The van der Waals surface area contributed by atoms with Crippen molar-refractivity contribution in [1.82, 2.24) is 5.32 Å². The van der Waals surface area contributed by atoms with Crippen LogP contribution in [0, 0.1) is 0 Å². The molecule has 0 heterocycles. The molecule has 3 nitrogen and oxygen atoms in total. The molecule has 0 saturated carbocycles. The molecule has 1 N–H and O–H groups in total. The molecule has 0 bridgehead atoms. The van der Waals surface area contributed by atoms with Gasteiger partial charge in [-0.25, -0.2) is 0 Å². The Hall–Kier alpha value is -0.930. The summed E-state index contributed by atoms with van der Waals surface area (Å²) in [7, 11) is 0. The summed E-state index contributed by atoms with van der Waals surface area (Å²) in [5.74, 6) is 0.310. The SMILES string of the molecule is CC(C)NC(=O)C(C)Oc1cc(Cl)cc(Cl)c1. The molecule has 1 unspecified atom stereocenters. The molecule has 1 aromatic carbocycles. The smallest absolute Gasteiger partial charge is 0.260 e. The average Bonchev–Trinajstić information content (AvgIpc) is 2.14. The number of carbonyl (C=O) groups is 1. The van der Waals surface area contributed by atoms with E-state index in [1.54, 1.807) is 25.1 Å². The first-order valence-electron chi connectivity index (χ1n) is 5.31. The van der Waals surface area contributed by atoms with Gasteiger partial charge in [-0.05, 0) is 39.0 Å². The lowest BCUT2D eigenvalue weighted by Crippen LogP contribution is -2.40. The van der Waals surface area contributed by atoms with Gasteiger partial charge in [-0.1, -0.05) is 23.2 Å². The first-order chi connectivity index (χ1) is 7.88. The zero-order valence-electron chi connectivity index (χ0n) is 9.96. The molecule has 0 aliphatic heterocycles. The Morgan fingerprint density at radius 3 is 2.18 bits per heavy atom. The second-order valence-electron chi connectivity index (χ2n) is 4.03. The highest BCUT2D eigenvalue weighted by molar-refractivity contribution is 6.34. The van der Waals surface area contributed by atoms with Crippen LogP contribution >= 0.6 is 23.2 Å². The first kappa shape index (κ1) is 14.1. The lowest BCUT2D eigenvalue weighted by atomic mass is 10.3. The van der Waals surface area contributed by atoms with Crippen molar-refractivity contribution in [2.24, 2.45) is 0 Å². The Morgan fingerprint density at radius 2 is 1.71 bits per heavy atom. The van der Waals surface area contributed by atoms with Gasteiger partial charge in [0, 0.05) is 16.1 Å². The Balaban J connectivity index is 2.67. The van der Waals surface area contributed by atoms with Gasteiger partial charge in [0.15, 0.2) is 6.10 Å². The molecular weight excluding hydrogens is 261 g/mol. The predicted molar refractivity (Wildman–Crippen MR) is 69.8 cm³/mol. The molecule has 1 rings (SSSR count). The van der Waals surface area contributed by atoms with Crippen molar-refractivity contribution < 1.29 is 9.53 Å². The minimum Gasteiger partial charge on any atom is -0.481 e. The van der Waals surface area contributed by atoms with E-state index in [0.717, 1.165) is 0 Å². The molecular formula is C12H15Cl2NO2. The number of amides is 1. The summed E-state index contributed by atoms with van der Waals surface area (Å²) in [6.45, 7) is 5.45. The second kappa shape index (κ2) is 6.12. The molecule has 1 atom stereocenters. The van der Waals surface area contributed by atoms with Gasteiger partial charge in [-0.15, -0.1) is 0 Å². The van der Waals surface area contributed by atoms with Crippen molar-refractivity contribution in [2.75, 3.05) is 0 Å². The van der Waals surface area contributed by atoms with Crippen molar-refractivity contribution >= 4 is 29.1 Å². The summed E-state index contributed by atoms with van der Waals surface area (Å²) in [6.07, 6.45) is -0.591. The van der Waals surface area contributed by atoms with Gasteiger partial charge >= 0.3 is 0 Å². The molecule has 0 fully saturated rings. The maximum absolute atomic E-state index is 11.6. The molecule has 1 aromatic rings. The third-order valence-corrected chi connectivity index (χ3v) is 2.39. The topological polar surface area (TPSA) is 38.3 Å². The monoisotopic (exact) mass is 275 g/mol. The minimum absolute atomic E-state index is 0.0801. The summed E-state index contributed by atoms with van der Waals surface area (Å²) < 4.78 is 5.46. The molecule has 0 saturated heterocycles. The number of carbonyl (C=O) groups excluding carboxylic acids is 1. The van der Waals surface area contributed by atoms with Crippen molar-refractivity contribution in [3.8, 4) is 5.75 Å². The van der Waals surface area contributed by atoms with E-state index in [1.807, 2.05) is 13.8 Å². The Kier molecular flexibility index (Phi) is 5.09. The molecule has 0 aliphatic rings. The third-order valence-electron chi connectivity index (χ3n) is 1.95. The van der Waals surface area contributed by atoms with E-state index in [2.05, 4.69) is 5.32 Å². The zero-order chi connectivity index (χ0) is 13.0. The lowest BCUT2D eigenvalue weighted by Gasteiger charge is -2.16. The van der Waals surface area contributed by atoms with Crippen LogP contribution in [-0.2, 0) is 4.79 Å². The van der Waals surface area contributed by atoms with Crippen LogP contribution in [0.25, 0.3) is 0 Å². The fraction of sp³-hybridized carbons (Fsp3) is 0.417. The van der Waals surface area contributed by atoms with Crippen molar-refractivity contribution in [2.45, 2.75) is 32.9 Å². The first-order valence-corrected chi connectivity index (χ1v) is 6.07. The number of benzene rings is 1. The Bertz CT molecular complexity index is 387. The molecule has 0 radical (unpaired) electrons. The zero-order valence-corrected chi connectivity index (χ0v) is 11.5. The standard InChI is InChI=1S/C12H15Cl2NO2/c1-7(2)15-12(16)8(3)17-11-5-9(13)4-10(14)6-11/h4-8H,1-3H3,(H,15,16). The van der Waals surface area contributed by atoms with Crippen LogP contribution in [0.3, 0.4) is 0 Å². The van der Waals surface area contributed by atoms with E-state index in [0.29, 0.717) is 15.8 Å². The van der Waals surface area contributed by atoms with E-state index in [-0.39, 0.29) is 11.9 Å². The molecule has 0 aromatic heterocycles. The highest BCUT2D eigenvalue weighted by Crippen LogP contribution is 2.24. The van der Waals surface area contributed by atoms with Crippen molar-refractivity contribution in [1.29, 1.82) is 0 Å². The quantitative estimate of drug-likeness (QED) is 0.916. The van der Waals surface area contributed by atoms with Gasteiger partial charge in [-0.2, -0.15) is 0 Å². The Morgan fingerprint density at radius 1 is 1.18 bits per heavy atom. The normalized spacial score (nSPS) is 12.4. The van der Waals surface area contributed by atoms with Crippen LogP contribution in [0.2, 0.25) is 10.0 Å². The summed E-state index contributed by atoms with van der Waals surface area (Å²) >= 11 is 11.7. The number of ether oxygens (including phenoxy) is 1. The van der Waals surface area contributed by atoms with E-state index in [1.165, 1.54) is 0 Å². The molecule has 1 amide bonds. The van der Waals surface area contributed by atoms with Crippen LogP contribution in [0.5, 0.6) is 5.75 Å². The molecule has 5 heteroatoms. The fourth-order valence-electron chi connectivity index (χ4n) is 1.26. The van der Waals surface area contributed by atoms with Gasteiger partial charge in [0.2, 0.25) is 0 Å². The summed E-state index contributed by atoms with van der Waals surface area (Å²) in [5.41, 5.74) is 0. The maximum Gasteiger partial charge on any atom is 0.260 e. The van der Waals surface area contributed by atoms with Crippen molar-refractivity contribution in [3.05, 3.63) is 28.2 Å². The minimum atomic E-state index is -0.591. The van der Waals surface area contributed by atoms with E-state index in [4.69, 9.17) is 27.9 Å². The number of hydrogen-bond donors (Lipinski definition) is 1. The van der Waals surface area contributed by atoms with Crippen molar-refractivity contribution in [3.63, 3.8) is 0 Å². The van der Waals surface area contributed by atoms with E-state index >= 15 is 0 Å². The number of hydrogen-bond acceptors (Lipinski definition) is 2. The number of nitrogens with one attached hydrogen (secondary N) is 1. The summed E-state index contributed by atoms with van der Waals surface area (Å²) in [6, 6.07) is 4.92. The highest BCUT2D eigenvalue weighted by atomic mass is 35.5. The molecule has 94 valence electrons. The molecule has 17 heavy (non-hydrogen) atoms. The van der Waals surface area contributed by atoms with E-state index in [9.17, 15) is 4.79 Å².